The van der Waals surface area contributed by atoms with Gasteiger partial charge in [0.15, 0.2) is 11.0 Å². The van der Waals surface area contributed by atoms with Crippen LogP contribution in [0.15, 0.2) is 84.0 Å². The molecule has 0 fully saturated rings. The number of thioether (sulfide) groups is 1. The number of rotatable bonds is 7. The lowest BCUT2D eigenvalue weighted by Gasteiger charge is -2.11. The highest BCUT2D eigenvalue weighted by Crippen LogP contribution is 2.26. The topological polar surface area (TPSA) is 80.0 Å². The Morgan fingerprint density at radius 2 is 1.77 bits per heavy atom. The van der Waals surface area contributed by atoms with Crippen LogP contribution in [0, 0.1) is 0 Å². The number of halogens is 1. The van der Waals surface area contributed by atoms with Gasteiger partial charge in [-0.2, -0.15) is 0 Å². The summed E-state index contributed by atoms with van der Waals surface area (Å²) in [6.45, 7) is 0.558. The Labute approximate surface area is 188 Å². The standard InChI is InChI=1S/C23H19ClN4O2S/c24-18-7-4-8-19(13-18)25-21(30)15-31-23-27-26-22(17-9-11-20(29)12-10-17)28(23)14-16-5-2-1-3-6-16/h1-13,29H,14-15H2,(H,25,30). The van der Waals surface area contributed by atoms with Gasteiger partial charge in [-0.05, 0) is 48.0 Å². The van der Waals surface area contributed by atoms with E-state index in [2.05, 4.69) is 15.5 Å². The number of aromatic nitrogens is 3. The van der Waals surface area contributed by atoms with Crippen LogP contribution < -0.4 is 5.32 Å². The van der Waals surface area contributed by atoms with Crippen LogP contribution >= 0.6 is 23.4 Å². The lowest BCUT2D eigenvalue weighted by atomic mass is 10.2. The predicted octanol–water partition coefficient (Wildman–Crippen LogP) is 5.08. The molecule has 1 heterocycles. The van der Waals surface area contributed by atoms with E-state index in [9.17, 15) is 9.90 Å². The highest BCUT2D eigenvalue weighted by molar-refractivity contribution is 7.99. The smallest absolute Gasteiger partial charge is 0.234 e. The lowest BCUT2D eigenvalue weighted by molar-refractivity contribution is -0.113. The fourth-order valence-corrected chi connectivity index (χ4v) is 3.95. The monoisotopic (exact) mass is 450 g/mol. The minimum absolute atomic E-state index is 0.160. The van der Waals surface area contributed by atoms with E-state index >= 15 is 0 Å². The van der Waals surface area contributed by atoms with Crippen LogP contribution in [-0.2, 0) is 11.3 Å². The molecule has 0 spiro atoms. The molecule has 0 saturated heterocycles. The molecule has 4 rings (SSSR count). The van der Waals surface area contributed by atoms with Crippen LogP contribution in [0.4, 0.5) is 5.69 Å². The molecule has 0 saturated carbocycles. The molecule has 6 nitrogen and oxygen atoms in total. The van der Waals surface area contributed by atoms with E-state index in [1.165, 1.54) is 11.8 Å². The molecule has 0 atom stereocenters. The molecule has 2 N–H and O–H groups in total. The lowest BCUT2D eigenvalue weighted by Crippen LogP contribution is -2.14. The number of phenolic OH excluding ortho intramolecular Hbond substituents is 1. The summed E-state index contributed by atoms with van der Waals surface area (Å²) in [5, 5.41) is 22.3. The summed E-state index contributed by atoms with van der Waals surface area (Å²) in [5.41, 5.74) is 2.57. The number of aromatic hydroxyl groups is 1. The number of carbonyl (C=O) groups excluding carboxylic acids is 1. The summed E-state index contributed by atoms with van der Waals surface area (Å²) in [4.78, 5) is 12.4. The second-order valence-corrected chi connectivity index (χ2v) is 8.15. The first-order valence-corrected chi connectivity index (χ1v) is 10.9. The Bertz CT molecular complexity index is 1180. The van der Waals surface area contributed by atoms with Crippen LogP contribution in [0.25, 0.3) is 11.4 Å². The molecule has 156 valence electrons. The fraction of sp³-hybridized carbons (Fsp3) is 0.0870. The Morgan fingerprint density at radius 3 is 2.52 bits per heavy atom. The molecule has 0 unspecified atom stereocenters. The number of nitrogens with zero attached hydrogens (tertiary/aromatic N) is 3. The van der Waals surface area contributed by atoms with E-state index in [0.717, 1.165) is 11.1 Å². The van der Waals surface area contributed by atoms with Gasteiger partial charge in [-0.25, -0.2) is 0 Å². The average molecular weight is 451 g/mol. The zero-order valence-electron chi connectivity index (χ0n) is 16.4. The average Bonchev–Trinajstić information content (AvgIpc) is 3.16. The zero-order chi connectivity index (χ0) is 21.6. The molecule has 0 aliphatic carbocycles. The summed E-state index contributed by atoms with van der Waals surface area (Å²) in [6, 6.07) is 23.8. The fourth-order valence-electron chi connectivity index (χ4n) is 3.02. The van der Waals surface area contributed by atoms with E-state index in [0.29, 0.717) is 28.2 Å². The number of anilines is 1. The summed E-state index contributed by atoms with van der Waals surface area (Å²) in [5.74, 6) is 0.870. The zero-order valence-corrected chi connectivity index (χ0v) is 18.0. The van der Waals surface area contributed by atoms with Gasteiger partial charge in [-0.15, -0.1) is 10.2 Å². The van der Waals surface area contributed by atoms with E-state index < -0.39 is 0 Å². The molecule has 3 aromatic carbocycles. The Balaban J connectivity index is 1.55. The van der Waals surface area contributed by atoms with Crippen molar-refractivity contribution in [1.29, 1.82) is 0 Å². The van der Waals surface area contributed by atoms with E-state index in [1.54, 1.807) is 48.5 Å². The van der Waals surface area contributed by atoms with Gasteiger partial charge in [0.25, 0.3) is 0 Å². The number of hydrogen-bond acceptors (Lipinski definition) is 5. The van der Waals surface area contributed by atoms with Gasteiger partial charge < -0.3 is 10.4 Å². The highest BCUT2D eigenvalue weighted by atomic mass is 35.5. The Hall–Kier alpha value is -3.29. The summed E-state index contributed by atoms with van der Waals surface area (Å²) in [7, 11) is 0. The van der Waals surface area contributed by atoms with Crippen molar-refractivity contribution in [3.63, 3.8) is 0 Å². The molecule has 31 heavy (non-hydrogen) atoms. The molecule has 1 amide bonds. The number of carbonyl (C=O) groups is 1. The van der Waals surface area contributed by atoms with Gasteiger partial charge in [0.05, 0.1) is 12.3 Å². The van der Waals surface area contributed by atoms with Crippen molar-refractivity contribution in [2.24, 2.45) is 0 Å². The molecular formula is C23H19ClN4O2S. The van der Waals surface area contributed by atoms with Gasteiger partial charge >= 0.3 is 0 Å². The van der Waals surface area contributed by atoms with E-state index in [1.807, 2.05) is 34.9 Å². The van der Waals surface area contributed by atoms with Crippen LogP contribution in [-0.4, -0.2) is 31.5 Å². The molecule has 8 heteroatoms. The van der Waals surface area contributed by atoms with Gasteiger partial charge in [-0.1, -0.05) is 59.8 Å². The van der Waals surface area contributed by atoms with Crippen molar-refractivity contribution in [3.05, 3.63) is 89.4 Å². The number of benzene rings is 3. The molecule has 0 aliphatic rings. The first kappa shape index (κ1) is 21.0. The van der Waals surface area contributed by atoms with Gasteiger partial charge in [-0.3, -0.25) is 9.36 Å². The minimum Gasteiger partial charge on any atom is -0.508 e. The largest absolute Gasteiger partial charge is 0.508 e. The van der Waals surface area contributed by atoms with Crippen molar-refractivity contribution in [3.8, 4) is 17.1 Å². The van der Waals surface area contributed by atoms with Crippen LogP contribution in [0.1, 0.15) is 5.56 Å². The first-order chi connectivity index (χ1) is 15.1. The van der Waals surface area contributed by atoms with Crippen molar-refractivity contribution >= 4 is 35.0 Å². The molecular weight excluding hydrogens is 432 g/mol. The highest BCUT2D eigenvalue weighted by Gasteiger charge is 2.16. The minimum atomic E-state index is -0.160. The Kier molecular flexibility index (Phi) is 6.54. The van der Waals surface area contributed by atoms with Crippen LogP contribution in [0.5, 0.6) is 5.75 Å². The summed E-state index contributed by atoms with van der Waals surface area (Å²) in [6.07, 6.45) is 0. The number of nitrogens with one attached hydrogen (secondary N) is 1. The quantitative estimate of drug-likeness (QED) is 0.384. The second-order valence-electron chi connectivity index (χ2n) is 6.77. The maximum atomic E-state index is 12.4. The van der Waals surface area contributed by atoms with Crippen molar-refractivity contribution in [2.75, 3.05) is 11.1 Å². The van der Waals surface area contributed by atoms with Crippen molar-refractivity contribution in [2.45, 2.75) is 11.7 Å². The third-order valence-corrected chi connectivity index (χ3v) is 5.67. The maximum Gasteiger partial charge on any atom is 0.234 e. The van der Waals surface area contributed by atoms with Crippen LogP contribution in [0.2, 0.25) is 5.02 Å². The second kappa shape index (κ2) is 9.68. The Morgan fingerprint density at radius 1 is 1.00 bits per heavy atom. The molecule has 0 aliphatic heterocycles. The van der Waals surface area contributed by atoms with Crippen molar-refractivity contribution in [1.82, 2.24) is 14.8 Å². The third-order valence-electron chi connectivity index (χ3n) is 4.47. The van der Waals surface area contributed by atoms with Gasteiger partial charge in [0.1, 0.15) is 5.75 Å². The van der Waals surface area contributed by atoms with E-state index in [-0.39, 0.29) is 17.4 Å². The van der Waals surface area contributed by atoms with Gasteiger partial charge in [0, 0.05) is 16.3 Å². The third kappa shape index (κ3) is 5.45. The normalized spacial score (nSPS) is 10.7. The molecule has 1 aromatic heterocycles. The molecule has 4 aromatic rings. The van der Waals surface area contributed by atoms with E-state index in [4.69, 9.17) is 11.6 Å². The molecule has 0 radical (unpaired) electrons. The number of hydrogen-bond donors (Lipinski definition) is 2. The summed E-state index contributed by atoms with van der Waals surface area (Å²) < 4.78 is 1.97. The number of amides is 1. The van der Waals surface area contributed by atoms with Gasteiger partial charge in [0.2, 0.25) is 5.91 Å². The van der Waals surface area contributed by atoms with Crippen molar-refractivity contribution < 1.29 is 9.90 Å². The SMILES string of the molecule is O=C(CSc1nnc(-c2ccc(O)cc2)n1Cc1ccccc1)Nc1cccc(Cl)c1. The predicted molar refractivity (Wildman–Crippen MR) is 123 cm³/mol. The number of phenols is 1. The summed E-state index contributed by atoms with van der Waals surface area (Å²) >= 11 is 7.29. The first-order valence-electron chi connectivity index (χ1n) is 9.53. The molecule has 0 bridgehead atoms. The van der Waals surface area contributed by atoms with Crippen LogP contribution in [0.3, 0.4) is 0 Å². The maximum absolute atomic E-state index is 12.4.